The summed E-state index contributed by atoms with van der Waals surface area (Å²) in [5, 5.41) is 8.69. The van der Waals surface area contributed by atoms with Crippen molar-refractivity contribution in [2.24, 2.45) is 0 Å². The highest BCUT2D eigenvalue weighted by atomic mass is 32.2. The van der Waals surface area contributed by atoms with Crippen LogP contribution in [0.15, 0.2) is 20.2 Å². The largest absolute Gasteiger partial charge is 0.416 e. The molecule has 68 valence electrons. The molecule has 0 amide bonds. The molecule has 13 heavy (non-hydrogen) atoms. The van der Waals surface area contributed by atoms with E-state index < -0.39 is 0 Å². The van der Waals surface area contributed by atoms with E-state index in [0.29, 0.717) is 16.1 Å². The maximum atomic E-state index is 5.51. The molecule has 0 unspecified atom stereocenters. The molecule has 0 bridgehead atoms. The van der Waals surface area contributed by atoms with Crippen LogP contribution in [0.3, 0.4) is 0 Å². The smallest absolute Gasteiger partial charge is 0.283 e. The van der Waals surface area contributed by atoms with Crippen molar-refractivity contribution >= 4 is 28.1 Å². The van der Waals surface area contributed by atoms with Gasteiger partial charge in [0.25, 0.3) is 5.22 Å². The van der Waals surface area contributed by atoms with Gasteiger partial charge in [0.1, 0.15) is 5.00 Å². The standard InChI is InChI=1S/C6H6N4OS2/c1-3-9-10-5(11-3)13-6-8-2-4(7)12-6/h2H,7H2,1H3. The number of hydrogen-bond donors (Lipinski definition) is 1. The first kappa shape index (κ1) is 8.52. The van der Waals surface area contributed by atoms with Crippen LogP contribution in [0.25, 0.3) is 0 Å². The van der Waals surface area contributed by atoms with Gasteiger partial charge in [-0.15, -0.1) is 10.2 Å². The highest BCUT2D eigenvalue weighted by Gasteiger charge is 2.07. The monoisotopic (exact) mass is 214 g/mol. The van der Waals surface area contributed by atoms with E-state index in [2.05, 4.69) is 15.2 Å². The zero-order valence-corrected chi connectivity index (χ0v) is 8.35. The molecule has 0 aliphatic carbocycles. The van der Waals surface area contributed by atoms with Crippen molar-refractivity contribution in [1.82, 2.24) is 15.2 Å². The summed E-state index contributed by atoms with van der Waals surface area (Å²) in [6.07, 6.45) is 1.61. The number of aromatic nitrogens is 3. The molecule has 2 aromatic heterocycles. The zero-order valence-electron chi connectivity index (χ0n) is 6.72. The molecule has 0 aliphatic heterocycles. The second kappa shape index (κ2) is 3.35. The summed E-state index contributed by atoms with van der Waals surface area (Å²) in [5.74, 6) is 0.548. The Hall–Kier alpha value is -1.08. The van der Waals surface area contributed by atoms with Crippen LogP contribution in [-0.4, -0.2) is 15.2 Å². The lowest BCUT2D eigenvalue weighted by molar-refractivity contribution is 0.429. The first-order valence-corrected chi connectivity index (χ1v) is 5.06. The predicted octanol–water partition coefficient (Wildman–Crippen LogP) is 1.57. The summed E-state index contributed by atoms with van der Waals surface area (Å²) >= 11 is 2.71. The summed E-state index contributed by atoms with van der Waals surface area (Å²) < 4.78 is 5.97. The fourth-order valence-corrected chi connectivity index (χ4v) is 2.29. The average molecular weight is 214 g/mol. The zero-order chi connectivity index (χ0) is 9.26. The van der Waals surface area contributed by atoms with Crippen molar-refractivity contribution < 1.29 is 4.42 Å². The third-order valence-electron chi connectivity index (χ3n) is 1.18. The van der Waals surface area contributed by atoms with Crippen LogP contribution in [0, 0.1) is 6.92 Å². The molecule has 0 spiro atoms. The van der Waals surface area contributed by atoms with Gasteiger partial charge in [0.2, 0.25) is 5.89 Å². The first-order chi connectivity index (χ1) is 6.24. The van der Waals surface area contributed by atoms with Crippen LogP contribution < -0.4 is 5.73 Å². The Morgan fingerprint density at radius 2 is 2.38 bits per heavy atom. The topological polar surface area (TPSA) is 77.8 Å². The Morgan fingerprint density at radius 3 is 2.92 bits per heavy atom. The summed E-state index contributed by atoms with van der Waals surface area (Å²) in [4.78, 5) is 4.05. The lowest BCUT2D eigenvalue weighted by atomic mass is 10.8. The van der Waals surface area contributed by atoms with E-state index in [0.717, 1.165) is 4.34 Å². The van der Waals surface area contributed by atoms with Crippen LogP contribution in [0.1, 0.15) is 5.89 Å². The Balaban J connectivity index is 2.14. The molecule has 5 nitrogen and oxygen atoms in total. The maximum Gasteiger partial charge on any atom is 0.283 e. The van der Waals surface area contributed by atoms with E-state index in [1.54, 1.807) is 13.1 Å². The Bertz CT molecular complexity index is 372. The summed E-state index contributed by atoms with van der Waals surface area (Å²) in [6, 6.07) is 0. The number of nitrogen functional groups attached to an aromatic ring is 1. The van der Waals surface area contributed by atoms with Crippen LogP contribution in [0.2, 0.25) is 0 Å². The summed E-state index contributed by atoms with van der Waals surface area (Å²) in [6.45, 7) is 1.74. The average Bonchev–Trinajstić information content (AvgIpc) is 2.62. The van der Waals surface area contributed by atoms with E-state index in [1.165, 1.54) is 23.1 Å². The molecule has 0 saturated carbocycles. The molecule has 0 aliphatic rings. The van der Waals surface area contributed by atoms with Crippen molar-refractivity contribution in [1.29, 1.82) is 0 Å². The lowest BCUT2D eigenvalue weighted by Gasteiger charge is -1.85. The van der Waals surface area contributed by atoms with E-state index in [-0.39, 0.29) is 0 Å². The molecular weight excluding hydrogens is 208 g/mol. The van der Waals surface area contributed by atoms with Crippen molar-refractivity contribution in [2.45, 2.75) is 16.5 Å². The van der Waals surface area contributed by atoms with Gasteiger partial charge in [0, 0.05) is 18.7 Å². The number of nitrogens with zero attached hydrogens (tertiary/aromatic N) is 3. The van der Waals surface area contributed by atoms with E-state index in [1.807, 2.05) is 0 Å². The highest BCUT2D eigenvalue weighted by molar-refractivity contribution is 8.00. The number of rotatable bonds is 2. The SMILES string of the molecule is Cc1nnc(Sc2ncc(N)s2)o1. The van der Waals surface area contributed by atoms with E-state index in [9.17, 15) is 0 Å². The fourth-order valence-electron chi connectivity index (χ4n) is 0.711. The molecule has 0 radical (unpaired) electrons. The Kier molecular flexibility index (Phi) is 2.19. The van der Waals surface area contributed by atoms with Gasteiger partial charge >= 0.3 is 0 Å². The molecule has 2 rings (SSSR count). The van der Waals surface area contributed by atoms with Gasteiger partial charge in [0.15, 0.2) is 4.34 Å². The molecule has 0 atom stereocenters. The van der Waals surface area contributed by atoms with Crippen molar-refractivity contribution in [3.05, 3.63) is 12.1 Å². The van der Waals surface area contributed by atoms with E-state index in [4.69, 9.17) is 10.2 Å². The molecule has 0 saturated heterocycles. The number of aryl methyl sites for hydroxylation is 1. The van der Waals surface area contributed by atoms with Crippen LogP contribution >= 0.6 is 23.1 Å². The number of nitrogens with two attached hydrogens (primary N) is 1. The van der Waals surface area contributed by atoms with Crippen molar-refractivity contribution in [2.75, 3.05) is 5.73 Å². The summed E-state index contributed by atoms with van der Waals surface area (Å²) in [7, 11) is 0. The molecule has 0 fully saturated rings. The van der Waals surface area contributed by atoms with Gasteiger partial charge in [-0.1, -0.05) is 11.3 Å². The Labute approximate surface area is 82.4 Å². The molecule has 2 aromatic rings. The van der Waals surface area contributed by atoms with Gasteiger partial charge in [0.05, 0.1) is 6.20 Å². The second-order valence-corrected chi connectivity index (χ2v) is 4.48. The van der Waals surface area contributed by atoms with E-state index >= 15 is 0 Å². The van der Waals surface area contributed by atoms with Crippen molar-refractivity contribution in [3.8, 4) is 0 Å². The van der Waals surface area contributed by atoms with Crippen LogP contribution in [0.5, 0.6) is 0 Å². The molecule has 0 aromatic carbocycles. The minimum atomic E-state index is 0.492. The molecular formula is C6H6N4OS2. The third-order valence-corrected chi connectivity index (χ3v) is 2.93. The maximum absolute atomic E-state index is 5.51. The van der Waals surface area contributed by atoms with Crippen molar-refractivity contribution in [3.63, 3.8) is 0 Å². The molecule has 2 N–H and O–H groups in total. The third kappa shape index (κ3) is 1.99. The van der Waals surface area contributed by atoms with Gasteiger partial charge in [-0.25, -0.2) is 4.98 Å². The Morgan fingerprint density at radius 1 is 1.54 bits per heavy atom. The van der Waals surface area contributed by atoms with Gasteiger partial charge < -0.3 is 10.2 Å². The second-order valence-electron chi connectivity index (χ2n) is 2.22. The van der Waals surface area contributed by atoms with Gasteiger partial charge in [-0.3, -0.25) is 0 Å². The molecule has 2 heterocycles. The predicted molar refractivity (Wildman–Crippen MR) is 49.7 cm³/mol. The van der Waals surface area contributed by atoms with Crippen LogP contribution in [-0.2, 0) is 0 Å². The molecule has 7 heteroatoms. The normalized spacial score (nSPS) is 10.5. The number of anilines is 1. The van der Waals surface area contributed by atoms with Gasteiger partial charge in [-0.05, 0) is 0 Å². The fraction of sp³-hybridized carbons (Fsp3) is 0.167. The number of hydrogen-bond acceptors (Lipinski definition) is 7. The summed E-state index contributed by atoms with van der Waals surface area (Å²) in [5.41, 5.74) is 5.51. The highest BCUT2D eigenvalue weighted by Crippen LogP contribution is 2.30. The minimum absolute atomic E-state index is 0.492. The van der Waals surface area contributed by atoms with Crippen LogP contribution in [0.4, 0.5) is 5.00 Å². The quantitative estimate of drug-likeness (QED) is 0.817. The lowest BCUT2D eigenvalue weighted by Crippen LogP contribution is -1.73. The minimum Gasteiger partial charge on any atom is -0.416 e. The first-order valence-electron chi connectivity index (χ1n) is 3.43. The number of thiazole rings is 1. The van der Waals surface area contributed by atoms with Gasteiger partial charge in [-0.2, -0.15) is 0 Å².